The van der Waals surface area contributed by atoms with Crippen LogP contribution in [0.1, 0.15) is 12.5 Å². The molecule has 1 heteroatoms. The van der Waals surface area contributed by atoms with E-state index in [-0.39, 0.29) is 40.1 Å². The van der Waals surface area contributed by atoms with Crippen molar-refractivity contribution < 1.29 is 32.7 Å². The van der Waals surface area contributed by atoms with Gasteiger partial charge in [-0.2, -0.15) is 24.1 Å². The van der Waals surface area contributed by atoms with Crippen LogP contribution in [0.3, 0.4) is 0 Å². The molecule has 10 heavy (non-hydrogen) atoms. The molecule has 0 atom stereocenters. The Morgan fingerprint density at radius 3 is 1.90 bits per heavy atom. The first-order valence-corrected chi connectivity index (χ1v) is 2.78. The molecule has 0 fully saturated rings. The molecule has 0 spiro atoms. The smallest absolute Gasteiger partial charge is 0 e. The molecule has 53 valence electrons. The summed E-state index contributed by atoms with van der Waals surface area (Å²) in [5.41, 5.74) is 1.28. The fraction of sp³-hybridized carbons (Fsp3) is 0.111. The number of rotatable bonds is 1. The van der Waals surface area contributed by atoms with Gasteiger partial charge in [0.1, 0.15) is 0 Å². The van der Waals surface area contributed by atoms with E-state index in [4.69, 9.17) is 0 Å². The molecule has 0 aromatic heterocycles. The second-order valence-electron chi connectivity index (χ2n) is 1.70. The molecule has 0 saturated heterocycles. The van der Waals surface area contributed by atoms with Gasteiger partial charge in [0.05, 0.1) is 0 Å². The first-order chi connectivity index (χ1) is 3.93. The molecule has 0 aliphatic rings. The molecule has 0 bridgehead atoms. The summed E-state index contributed by atoms with van der Waals surface area (Å²) < 4.78 is 0. The monoisotopic (exact) mass is 209 g/mol. The molecule has 0 N–H and O–H groups in total. The van der Waals surface area contributed by atoms with Crippen molar-refractivity contribution in [1.29, 1.82) is 0 Å². The molecule has 1 radical (unpaired) electrons. The quantitative estimate of drug-likeness (QED) is 0.624. The number of benzene rings is 1. The second kappa shape index (κ2) is 7.30. The average molecular weight is 209 g/mol. The maximum atomic E-state index is 2.08. The van der Waals surface area contributed by atoms with Gasteiger partial charge in [0.25, 0.3) is 0 Å². The standard InChI is InChI=1S/C8H9.CH3.Y/c1-2-8-6-4-3-5-7-8;;/h2-7H,1H3;1H3;/q2*-1;. The Kier molecular flexibility index (Phi) is 9.37. The Bertz CT molecular complexity index is 146. The van der Waals surface area contributed by atoms with Crippen molar-refractivity contribution in [3.05, 3.63) is 49.7 Å². The van der Waals surface area contributed by atoms with Gasteiger partial charge in [-0.15, -0.1) is 12.1 Å². The molecule has 0 aliphatic heterocycles. The molecule has 0 heterocycles. The van der Waals surface area contributed by atoms with Gasteiger partial charge in [0.15, 0.2) is 0 Å². The summed E-state index contributed by atoms with van der Waals surface area (Å²) in [6.45, 7) is 2.04. The molecule has 0 unspecified atom stereocenters. The van der Waals surface area contributed by atoms with E-state index < -0.39 is 0 Å². The summed E-state index contributed by atoms with van der Waals surface area (Å²) in [4.78, 5) is 0. The Morgan fingerprint density at radius 1 is 1.10 bits per heavy atom. The van der Waals surface area contributed by atoms with Gasteiger partial charge in [-0.3, -0.25) is 0 Å². The SMILES string of the molecule is C[CH-]c1ccccc1.[CH3-].[Y]. The van der Waals surface area contributed by atoms with Gasteiger partial charge in [-0.25, -0.2) is 0 Å². The number of hydrogen-bond donors (Lipinski definition) is 0. The third-order valence-electron chi connectivity index (χ3n) is 1.13. The van der Waals surface area contributed by atoms with Crippen LogP contribution in [-0.2, 0) is 32.7 Å². The van der Waals surface area contributed by atoms with E-state index >= 15 is 0 Å². The summed E-state index contributed by atoms with van der Waals surface area (Å²) in [5.74, 6) is 0. The summed E-state index contributed by atoms with van der Waals surface area (Å²) in [6, 6.07) is 10.3. The Morgan fingerprint density at radius 2 is 1.60 bits per heavy atom. The summed E-state index contributed by atoms with van der Waals surface area (Å²) >= 11 is 0. The molecular weight excluding hydrogens is 197 g/mol. The molecule has 1 aromatic rings. The van der Waals surface area contributed by atoms with Gasteiger partial charge in [-0.1, -0.05) is 13.0 Å². The van der Waals surface area contributed by atoms with Crippen molar-refractivity contribution in [3.8, 4) is 0 Å². The van der Waals surface area contributed by atoms with Gasteiger partial charge >= 0.3 is 0 Å². The van der Waals surface area contributed by atoms with Crippen molar-refractivity contribution in [2.24, 2.45) is 0 Å². The van der Waals surface area contributed by atoms with E-state index in [1.807, 2.05) is 25.1 Å². The zero-order valence-electron chi connectivity index (χ0n) is 6.54. The normalized spacial score (nSPS) is 6.90. The van der Waals surface area contributed by atoms with Crippen LogP contribution in [0.25, 0.3) is 0 Å². The minimum Gasteiger partial charge on any atom is -0.358 e. The maximum absolute atomic E-state index is 2.08. The second-order valence-corrected chi connectivity index (χ2v) is 1.70. The van der Waals surface area contributed by atoms with E-state index in [1.54, 1.807) is 0 Å². The molecule has 0 nitrogen and oxygen atoms in total. The zero-order chi connectivity index (χ0) is 5.82. The minimum absolute atomic E-state index is 0. The maximum Gasteiger partial charge on any atom is 0 e. The fourth-order valence-electron chi connectivity index (χ4n) is 0.645. The average Bonchev–Trinajstić information content (AvgIpc) is 1.90. The molecule has 0 amide bonds. The molecule has 0 saturated carbocycles. The van der Waals surface area contributed by atoms with E-state index in [0.29, 0.717) is 0 Å². The Hall–Kier alpha value is 0.194. The first-order valence-electron chi connectivity index (χ1n) is 2.78. The predicted molar refractivity (Wildman–Crippen MR) is 41.9 cm³/mol. The topological polar surface area (TPSA) is 0 Å². The third-order valence-corrected chi connectivity index (χ3v) is 1.13. The van der Waals surface area contributed by atoms with Crippen LogP contribution in [0.5, 0.6) is 0 Å². The summed E-state index contributed by atoms with van der Waals surface area (Å²) in [7, 11) is 0. The van der Waals surface area contributed by atoms with Crippen molar-refractivity contribution >= 4 is 0 Å². The predicted octanol–water partition coefficient (Wildman–Crippen LogP) is 2.71. The van der Waals surface area contributed by atoms with Crippen LogP contribution in [0.4, 0.5) is 0 Å². The number of hydrogen-bond acceptors (Lipinski definition) is 0. The van der Waals surface area contributed by atoms with E-state index in [1.165, 1.54) is 5.56 Å². The van der Waals surface area contributed by atoms with Crippen molar-refractivity contribution in [2.75, 3.05) is 0 Å². The summed E-state index contributed by atoms with van der Waals surface area (Å²) in [5, 5.41) is 0. The Labute approximate surface area is 88.9 Å². The fourth-order valence-corrected chi connectivity index (χ4v) is 0.645. The molecule has 1 rings (SSSR count). The van der Waals surface area contributed by atoms with E-state index in [9.17, 15) is 0 Å². The van der Waals surface area contributed by atoms with Crippen molar-refractivity contribution in [2.45, 2.75) is 6.92 Å². The molecular formula is C9H12Y-2. The Balaban J connectivity index is 0. The van der Waals surface area contributed by atoms with Crippen LogP contribution in [-0.4, -0.2) is 0 Å². The van der Waals surface area contributed by atoms with Crippen molar-refractivity contribution in [3.63, 3.8) is 0 Å². The first kappa shape index (κ1) is 12.8. The van der Waals surface area contributed by atoms with E-state index in [0.717, 1.165) is 0 Å². The third kappa shape index (κ3) is 4.08. The summed E-state index contributed by atoms with van der Waals surface area (Å²) in [6.07, 6.45) is 2.08. The van der Waals surface area contributed by atoms with Crippen LogP contribution in [0.2, 0.25) is 0 Å². The zero-order valence-corrected chi connectivity index (χ0v) is 9.38. The van der Waals surface area contributed by atoms with Crippen LogP contribution < -0.4 is 0 Å². The largest absolute Gasteiger partial charge is 0.358 e. The van der Waals surface area contributed by atoms with Gasteiger partial charge in [0, 0.05) is 32.7 Å². The van der Waals surface area contributed by atoms with Gasteiger partial charge in [-0.05, 0) is 0 Å². The molecule has 0 aliphatic carbocycles. The van der Waals surface area contributed by atoms with Crippen LogP contribution in [0, 0.1) is 13.8 Å². The minimum atomic E-state index is 0. The van der Waals surface area contributed by atoms with Gasteiger partial charge in [0.2, 0.25) is 0 Å². The van der Waals surface area contributed by atoms with Gasteiger partial charge < -0.3 is 7.43 Å². The van der Waals surface area contributed by atoms with E-state index in [2.05, 4.69) is 18.6 Å². The molecule has 1 aromatic carbocycles. The van der Waals surface area contributed by atoms with Crippen molar-refractivity contribution in [1.82, 2.24) is 0 Å². The van der Waals surface area contributed by atoms with Crippen LogP contribution >= 0.6 is 0 Å². The van der Waals surface area contributed by atoms with Crippen LogP contribution in [0.15, 0.2) is 30.3 Å².